The summed E-state index contributed by atoms with van der Waals surface area (Å²) in [4.78, 5) is 4.40. The number of hydrogen-bond donors (Lipinski definition) is 0. The summed E-state index contributed by atoms with van der Waals surface area (Å²) in [6.07, 6.45) is 1.77. The monoisotopic (exact) mass is 729 g/mol. The van der Waals surface area contributed by atoms with Crippen molar-refractivity contribution in [3.63, 3.8) is 0 Å². The van der Waals surface area contributed by atoms with Crippen LogP contribution in [0.5, 0.6) is 0 Å². The second kappa shape index (κ2) is 12.4. The van der Waals surface area contributed by atoms with Crippen molar-refractivity contribution >= 4 is 65.9 Å². The van der Waals surface area contributed by atoms with Gasteiger partial charge in [0.15, 0.2) is 0 Å². The first kappa shape index (κ1) is 31.6. The zero-order valence-corrected chi connectivity index (χ0v) is 30.6. The molecule has 12 aromatic rings. The van der Waals surface area contributed by atoms with E-state index >= 15 is 0 Å². The summed E-state index contributed by atoms with van der Waals surface area (Å²) in [6, 6.07) is 64.4. The Balaban J connectivity index is 0.881. The van der Waals surface area contributed by atoms with Crippen molar-refractivity contribution in [2.24, 2.45) is 0 Å². The van der Waals surface area contributed by atoms with E-state index in [0.29, 0.717) is 5.71 Å². The molecule has 0 saturated heterocycles. The largest absolute Gasteiger partial charge is 0.456 e. The highest BCUT2D eigenvalue weighted by molar-refractivity contribution is 6.09. The van der Waals surface area contributed by atoms with Gasteiger partial charge in [0, 0.05) is 38.5 Å². The number of rotatable bonds is 5. The summed E-state index contributed by atoms with van der Waals surface area (Å²) in [5.74, 6) is 0. The van der Waals surface area contributed by atoms with Crippen molar-refractivity contribution < 1.29 is 13.3 Å². The zero-order valence-electron chi connectivity index (χ0n) is 30.6. The molecular formula is C53H31NO3. The lowest BCUT2D eigenvalue weighted by atomic mass is 9.95. The fourth-order valence-corrected chi connectivity index (χ4v) is 8.47. The van der Waals surface area contributed by atoms with E-state index in [9.17, 15) is 0 Å². The standard InChI is InChI=1S/C53H31NO3/c1-2-15-48-42(13-1)44-28-38(16-20-49(44)55-48)36-11-5-12-37(27-36)41-18-22-51-47(31-41)46-30-40(17-21-50(46)56-51)35-10-4-8-33(26-35)32-7-3-9-34(25-32)39-19-23-52-45(29-39)43-14-6-24-54-53(43)57-52/h1-31H. The molecule has 0 fully saturated rings. The summed E-state index contributed by atoms with van der Waals surface area (Å²) in [7, 11) is 0. The summed E-state index contributed by atoms with van der Waals surface area (Å²) in [6.45, 7) is 0. The average molecular weight is 730 g/mol. The van der Waals surface area contributed by atoms with E-state index in [4.69, 9.17) is 13.3 Å². The zero-order chi connectivity index (χ0) is 37.5. The fraction of sp³-hybridized carbons (Fsp3) is 0. The summed E-state index contributed by atoms with van der Waals surface area (Å²) < 4.78 is 18.4. The highest BCUT2D eigenvalue weighted by atomic mass is 16.3. The molecule has 0 bridgehead atoms. The second-order valence-electron chi connectivity index (χ2n) is 14.7. The quantitative estimate of drug-likeness (QED) is 0.177. The van der Waals surface area contributed by atoms with Crippen LogP contribution in [0.4, 0.5) is 0 Å². The SMILES string of the molecule is c1cc(-c2cccc(-c3ccc4oc5ncccc5c4c3)c2)cc(-c2ccc3oc4ccc(-c5cccc(-c6ccc7oc8ccccc8c7c6)c5)cc4c3c2)c1. The van der Waals surface area contributed by atoms with Gasteiger partial charge in [-0.2, -0.15) is 0 Å². The molecule has 0 aliphatic carbocycles. The fourth-order valence-electron chi connectivity index (χ4n) is 8.47. The Morgan fingerprint density at radius 2 is 0.596 bits per heavy atom. The number of pyridine rings is 1. The summed E-state index contributed by atoms with van der Waals surface area (Å²) >= 11 is 0. The van der Waals surface area contributed by atoms with Crippen LogP contribution in [0.3, 0.4) is 0 Å². The minimum absolute atomic E-state index is 0.664. The molecule has 0 N–H and O–H groups in total. The van der Waals surface area contributed by atoms with E-state index in [1.54, 1.807) is 6.20 Å². The van der Waals surface area contributed by atoms with Crippen LogP contribution in [0.15, 0.2) is 201 Å². The van der Waals surface area contributed by atoms with Crippen LogP contribution in [0.2, 0.25) is 0 Å². The Morgan fingerprint density at radius 3 is 1.07 bits per heavy atom. The van der Waals surface area contributed by atoms with E-state index in [2.05, 4.69) is 163 Å². The molecule has 4 aromatic heterocycles. The van der Waals surface area contributed by atoms with E-state index in [1.807, 2.05) is 24.3 Å². The molecule has 0 aliphatic rings. The number of aromatic nitrogens is 1. The van der Waals surface area contributed by atoms with Crippen molar-refractivity contribution in [3.8, 4) is 55.6 Å². The Bertz CT molecular complexity index is 3550. The van der Waals surface area contributed by atoms with Gasteiger partial charge in [-0.3, -0.25) is 0 Å². The van der Waals surface area contributed by atoms with Gasteiger partial charge in [-0.25, -0.2) is 4.98 Å². The van der Waals surface area contributed by atoms with Gasteiger partial charge in [-0.15, -0.1) is 0 Å². The third kappa shape index (κ3) is 5.26. The first-order chi connectivity index (χ1) is 28.2. The maximum atomic E-state index is 6.37. The second-order valence-corrected chi connectivity index (χ2v) is 14.7. The van der Waals surface area contributed by atoms with E-state index in [0.717, 1.165) is 116 Å². The smallest absolute Gasteiger partial charge is 0.227 e. The van der Waals surface area contributed by atoms with Crippen molar-refractivity contribution in [2.75, 3.05) is 0 Å². The molecule has 0 spiro atoms. The van der Waals surface area contributed by atoms with Gasteiger partial charge in [0.1, 0.15) is 27.9 Å². The molecule has 0 aliphatic heterocycles. The first-order valence-corrected chi connectivity index (χ1v) is 19.2. The normalized spacial score (nSPS) is 11.9. The predicted octanol–water partition coefficient (Wildman–Crippen LogP) is 15.1. The molecule has 4 heteroatoms. The van der Waals surface area contributed by atoms with Crippen LogP contribution in [0.25, 0.3) is 122 Å². The molecule has 4 heterocycles. The van der Waals surface area contributed by atoms with Crippen molar-refractivity contribution in [3.05, 3.63) is 188 Å². The molecule has 0 atom stereocenters. The third-order valence-electron chi connectivity index (χ3n) is 11.3. The predicted molar refractivity (Wildman–Crippen MR) is 233 cm³/mol. The van der Waals surface area contributed by atoms with Crippen molar-refractivity contribution in [1.82, 2.24) is 4.98 Å². The number of nitrogens with zero attached hydrogens (tertiary/aromatic N) is 1. The van der Waals surface area contributed by atoms with E-state index in [1.165, 1.54) is 0 Å². The molecule has 0 radical (unpaired) electrons. The molecule has 57 heavy (non-hydrogen) atoms. The maximum absolute atomic E-state index is 6.37. The Labute approximate surface area is 326 Å². The third-order valence-corrected chi connectivity index (χ3v) is 11.3. The van der Waals surface area contributed by atoms with Gasteiger partial charge in [0.25, 0.3) is 0 Å². The van der Waals surface area contributed by atoms with Gasteiger partial charge in [0.2, 0.25) is 5.71 Å². The van der Waals surface area contributed by atoms with Crippen LogP contribution in [0, 0.1) is 0 Å². The Hall–Kier alpha value is -7.69. The van der Waals surface area contributed by atoms with Crippen molar-refractivity contribution in [1.29, 1.82) is 0 Å². The Morgan fingerprint density at radius 1 is 0.246 bits per heavy atom. The van der Waals surface area contributed by atoms with Gasteiger partial charge < -0.3 is 13.3 Å². The molecule has 12 rings (SSSR count). The van der Waals surface area contributed by atoms with E-state index in [-0.39, 0.29) is 0 Å². The lowest BCUT2D eigenvalue weighted by molar-refractivity contribution is 0.654. The number of furan rings is 3. The average Bonchev–Trinajstić information content (AvgIpc) is 3.96. The Kier molecular flexibility index (Phi) is 6.89. The topological polar surface area (TPSA) is 52.3 Å². The minimum atomic E-state index is 0.664. The van der Waals surface area contributed by atoms with Gasteiger partial charge >= 0.3 is 0 Å². The van der Waals surface area contributed by atoms with Crippen LogP contribution in [0.1, 0.15) is 0 Å². The lowest BCUT2D eigenvalue weighted by Gasteiger charge is -2.09. The van der Waals surface area contributed by atoms with Crippen LogP contribution in [-0.4, -0.2) is 4.98 Å². The summed E-state index contributed by atoms with van der Waals surface area (Å²) in [5.41, 5.74) is 16.6. The molecule has 266 valence electrons. The van der Waals surface area contributed by atoms with Crippen LogP contribution < -0.4 is 0 Å². The molecular weight excluding hydrogens is 699 g/mol. The van der Waals surface area contributed by atoms with Gasteiger partial charge in [-0.1, -0.05) is 97.1 Å². The highest BCUT2D eigenvalue weighted by Gasteiger charge is 2.14. The minimum Gasteiger partial charge on any atom is -0.456 e. The number of fused-ring (bicyclic) bond motifs is 9. The number of hydrogen-bond acceptors (Lipinski definition) is 4. The lowest BCUT2D eigenvalue weighted by Crippen LogP contribution is -1.84. The molecule has 0 saturated carbocycles. The van der Waals surface area contributed by atoms with Crippen LogP contribution in [-0.2, 0) is 0 Å². The molecule has 8 aromatic carbocycles. The van der Waals surface area contributed by atoms with Crippen LogP contribution >= 0.6 is 0 Å². The molecule has 0 amide bonds. The molecule has 0 unspecified atom stereocenters. The van der Waals surface area contributed by atoms with Gasteiger partial charge in [-0.05, 0) is 141 Å². The summed E-state index contributed by atoms with van der Waals surface area (Å²) in [5, 5.41) is 6.56. The highest BCUT2D eigenvalue weighted by Crippen LogP contribution is 2.39. The molecule has 4 nitrogen and oxygen atoms in total. The maximum Gasteiger partial charge on any atom is 0.227 e. The number of benzene rings is 8. The number of para-hydroxylation sites is 1. The van der Waals surface area contributed by atoms with Crippen molar-refractivity contribution in [2.45, 2.75) is 0 Å². The van der Waals surface area contributed by atoms with E-state index < -0.39 is 0 Å². The van der Waals surface area contributed by atoms with Gasteiger partial charge in [0.05, 0.1) is 0 Å². The first-order valence-electron chi connectivity index (χ1n) is 19.2.